The molecule has 1 aromatic heterocycles. The number of nitrogens with zero attached hydrogens (tertiary/aromatic N) is 1. The van der Waals surface area contributed by atoms with Gasteiger partial charge in [-0.05, 0) is 38.5 Å². The molecule has 6 heteroatoms. The largest absolute Gasteiger partial charge is 0.444 e. The molecule has 19 heavy (non-hydrogen) atoms. The quantitative estimate of drug-likeness (QED) is 0.885. The minimum absolute atomic E-state index is 0.489. The van der Waals surface area contributed by atoms with Crippen LogP contribution in [-0.2, 0) is 11.3 Å². The molecule has 0 saturated heterocycles. The van der Waals surface area contributed by atoms with E-state index in [0.29, 0.717) is 11.7 Å². The predicted octanol–water partition coefficient (Wildman–Crippen LogP) is 3.10. The van der Waals surface area contributed by atoms with Crippen LogP contribution in [0.4, 0.5) is 9.93 Å². The fourth-order valence-corrected chi connectivity index (χ4v) is 2.46. The van der Waals surface area contributed by atoms with Gasteiger partial charge in [-0.1, -0.05) is 17.4 Å². The van der Waals surface area contributed by atoms with Crippen molar-refractivity contribution in [3.8, 4) is 0 Å². The second-order valence-electron chi connectivity index (χ2n) is 5.15. The molecule has 0 spiro atoms. The van der Waals surface area contributed by atoms with Crippen LogP contribution in [0.1, 0.15) is 26.3 Å². The van der Waals surface area contributed by atoms with Gasteiger partial charge in [0.1, 0.15) is 5.60 Å². The summed E-state index contributed by atoms with van der Waals surface area (Å²) in [7, 11) is 0. The Morgan fingerprint density at radius 2 is 2.21 bits per heavy atom. The maximum atomic E-state index is 11.6. The Bertz CT molecular complexity index is 601. The van der Waals surface area contributed by atoms with Gasteiger partial charge in [-0.3, -0.25) is 5.32 Å². The highest BCUT2D eigenvalue weighted by Crippen LogP contribution is 2.27. The van der Waals surface area contributed by atoms with E-state index in [1.165, 1.54) is 11.3 Å². The number of aromatic nitrogens is 1. The molecular weight excluding hydrogens is 262 g/mol. The summed E-state index contributed by atoms with van der Waals surface area (Å²) in [5, 5.41) is 3.17. The van der Waals surface area contributed by atoms with Gasteiger partial charge in [0.15, 0.2) is 5.13 Å². The summed E-state index contributed by atoms with van der Waals surface area (Å²) in [4.78, 5) is 16.0. The Balaban J connectivity index is 2.15. The van der Waals surface area contributed by atoms with E-state index >= 15 is 0 Å². The van der Waals surface area contributed by atoms with E-state index in [2.05, 4.69) is 10.3 Å². The summed E-state index contributed by atoms with van der Waals surface area (Å²) in [6, 6.07) is 5.81. The summed E-state index contributed by atoms with van der Waals surface area (Å²) in [6.07, 6.45) is -0.495. The molecule has 2 aromatic rings. The molecule has 3 N–H and O–H groups in total. The number of carbonyl (C=O) groups is 1. The number of amides is 1. The van der Waals surface area contributed by atoms with Gasteiger partial charge in [0.25, 0.3) is 0 Å². The van der Waals surface area contributed by atoms with Gasteiger partial charge >= 0.3 is 6.09 Å². The lowest BCUT2D eigenvalue weighted by atomic mass is 10.2. The van der Waals surface area contributed by atoms with Crippen molar-refractivity contribution in [3.63, 3.8) is 0 Å². The molecule has 0 radical (unpaired) electrons. The second kappa shape index (κ2) is 5.14. The van der Waals surface area contributed by atoms with Crippen molar-refractivity contribution in [1.29, 1.82) is 0 Å². The zero-order valence-electron chi connectivity index (χ0n) is 11.2. The zero-order chi connectivity index (χ0) is 14.0. The van der Waals surface area contributed by atoms with E-state index in [1.807, 2.05) is 39.0 Å². The Labute approximate surface area is 115 Å². The van der Waals surface area contributed by atoms with Crippen LogP contribution in [0.25, 0.3) is 10.2 Å². The number of fused-ring (bicyclic) bond motifs is 1. The van der Waals surface area contributed by atoms with Gasteiger partial charge in [-0.25, -0.2) is 9.78 Å². The van der Waals surface area contributed by atoms with Crippen molar-refractivity contribution in [2.45, 2.75) is 32.9 Å². The van der Waals surface area contributed by atoms with Gasteiger partial charge in [-0.15, -0.1) is 0 Å². The van der Waals surface area contributed by atoms with E-state index in [-0.39, 0.29) is 0 Å². The lowest BCUT2D eigenvalue weighted by Crippen LogP contribution is -2.27. The number of nitrogens with one attached hydrogen (secondary N) is 1. The molecule has 102 valence electrons. The number of hydrogen-bond donors (Lipinski definition) is 2. The van der Waals surface area contributed by atoms with Crippen LogP contribution in [-0.4, -0.2) is 16.7 Å². The summed E-state index contributed by atoms with van der Waals surface area (Å²) >= 11 is 1.40. The molecule has 0 unspecified atom stereocenters. The van der Waals surface area contributed by atoms with Crippen molar-refractivity contribution in [2.75, 3.05) is 5.32 Å². The topological polar surface area (TPSA) is 77.2 Å². The zero-order valence-corrected chi connectivity index (χ0v) is 12.0. The highest BCUT2D eigenvalue weighted by atomic mass is 32.1. The first-order chi connectivity index (χ1) is 8.87. The normalized spacial score (nSPS) is 11.6. The number of carbonyl (C=O) groups excluding carboxylic acids is 1. The van der Waals surface area contributed by atoms with Crippen molar-refractivity contribution in [3.05, 3.63) is 23.8 Å². The van der Waals surface area contributed by atoms with Crippen molar-refractivity contribution < 1.29 is 9.53 Å². The lowest BCUT2D eigenvalue weighted by Gasteiger charge is -2.18. The van der Waals surface area contributed by atoms with Gasteiger partial charge in [0.2, 0.25) is 0 Å². The van der Waals surface area contributed by atoms with E-state index < -0.39 is 11.7 Å². The molecule has 1 heterocycles. The number of benzene rings is 1. The molecule has 2 rings (SSSR count). The fourth-order valence-electron chi connectivity index (χ4n) is 1.54. The average Bonchev–Trinajstić information content (AvgIpc) is 2.66. The van der Waals surface area contributed by atoms with Crippen LogP contribution in [0, 0.1) is 0 Å². The lowest BCUT2D eigenvalue weighted by molar-refractivity contribution is 0.0636. The third-order valence-corrected chi connectivity index (χ3v) is 3.23. The molecule has 0 saturated carbocycles. The smallest absolute Gasteiger partial charge is 0.413 e. The maximum Gasteiger partial charge on any atom is 0.413 e. The van der Waals surface area contributed by atoms with Crippen LogP contribution in [0.3, 0.4) is 0 Å². The van der Waals surface area contributed by atoms with Gasteiger partial charge in [0.05, 0.1) is 10.2 Å². The summed E-state index contributed by atoms with van der Waals surface area (Å²) in [6.45, 7) is 5.94. The molecule has 0 fully saturated rings. The number of thiazole rings is 1. The summed E-state index contributed by atoms with van der Waals surface area (Å²) in [5.74, 6) is 0. The molecule has 1 amide bonds. The number of ether oxygens (including phenoxy) is 1. The molecule has 5 nitrogen and oxygen atoms in total. The minimum atomic E-state index is -0.520. The Morgan fingerprint density at radius 3 is 2.84 bits per heavy atom. The van der Waals surface area contributed by atoms with Gasteiger partial charge < -0.3 is 10.5 Å². The number of anilines is 1. The van der Waals surface area contributed by atoms with Crippen molar-refractivity contribution in [2.24, 2.45) is 5.73 Å². The number of nitrogens with two attached hydrogens (primary N) is 1. The average molecular weight is 279 g/mol. The Hall–Kier alpha value is -1.66. The molecule has 0 aliphatic rings. The third kappa shape index (κ3) is 3.65. The van der Waals surface area contributed by atoms with Gasteiger partial charge in [0, 0.05) is 6.54 Å². The van der Waals surface area contributed by atoms with Crippen LogP contribution < -0.4 is 11.1 Å². The standard InChI is InChI=1S/C13H17N3O2S/c1-13(2,3)18-12(17)16-11-15-9-5-4-8(7-14)6-10(9)19-11/h4-6H,7,14H2,1-3H3,(H,15,16,17). The number of rotatable bonds is 2. The number of hydrogen-bond acceptors (Lipinski definition) is 5. The Kier molecular flexibility index (Phi) is 3.73. The molecule has 0 aliphatic heterocycles. The monoisotopic (exact) mass is 279 g/mol. The van der Waals surface area contributed by atoms with Crippen LogP contribution in [0.5, 0.6) is 0 Å². The second-order valence-corrected chi connectivity index (χ2v) is 6.18. The highest BCUT2D eigenvalue weighted by molar-refractivity contribution is 7.22. The van der Waals surface area contributed by atoms with E-state index in [4.69, 9.17) is 10.5 Å². The fraction of sp³-hybridized carbons (Fsp3) is 0.385. The first kappa shape index (κ1) is 13.8. The van der Waals surface area contributed by atoms with E-state index in [9.17, 15) is 4.79 Å². The first-order valence-corrected chi connectivity index (χ1v) is 6.78. The van der Waals surface area contributed by atoms with Crippen LogP contribution in [0.15, 0.2) is 18.2 Å². The molecule has 0 atom stereocenters. The van der Waals surface area contributed by atoms with Crippen LogP contribution >= 0.6 is 11.3 Å². The van der Waals surface area contributed by atoms with Crippen molar-refractivity contribution in [1.82, 2.24) is 4.98 Å². The molecule has 1 aromatic carbocycles. The SMILES string of the molecule is CC(C)(C)OC(=O)Nc1nc2ccc(CN)cc2s1. The molecular formula is C13H17N3O2S. The summed E-state index contributed by atoms with van der Waals surface area (Å²) < 4.78 is 6.17. The van der Waals surface area contributed by atoms with Gasteiger partial charge in [-0.2, -0.15) is 0 Å². The first-order valence-electron chi connectivity index (χ1n) is 5.97. The summed E-state index contributed by atoms with van der Waals surface area (Å²) in [5.41, 5.74) is 6.95. The molecule has 0 bridgehead atoms. The minimum Gasteiger partial charge on any atom is -0.444 e. The van der Waals surface area contributed by atoms with Crippen LogP contribution in [0.2, 0.25) is 0 Å². The molecule has 0 aliphatic carbocycles. The van der Waals surface area contributed by atoms with Crippen molar-refractivity contribution >= 4 is 32.8 Å². The highest BCUT2D eigenvalue weighted by Gasteiger charge is 2.17. The third-order valence-electron chi connectivity index (χ3n) is 2.30. The van der Waals surface area contributed by atoms with E-state index in [0.717, 1.165) is 15.8 Å². The Morgan fingerprint density at radius 1 is 1.47 bits per heavy atom. The van der Waals surface area contributed by atoms with E-state index in [1.54, 1.807) is 0 Å². The maximum absolute atomic E-state index is 11.6. The predicted molar refractivity (Wildman–Crippen MR) is 77.4 cm³/mol.